The summed E-state index contributed by atoms with van der Waals surface area (Å²) in [6.45, 7) is 4.06. The van der Waals surface area contributed by atoms with Crippen molar-refractivity contribution in [2.45, 2.75) is 24.8 Å². The summed E-state index contributed by atoms with van der Waals surface area (Å²) in [5, 5.41) is 0.0959. The minimum atomic E-state index is -3.53. The van der Waals surface area contributed by atoms with Gasteiger partial charge in [0.2, 0.25) is 5.95 Å². The lowest BCUT2D eigenvalue weighted by atomic mass is 10.2. The van der Waals surface area contributed by atoms with Crippen LogP contribution in [0.4, 0.5) is 5.95 Å². The van der Waals surface area contributed by atoms with Crippen molar-refractivity contribution in [2.75, 3.05) is 31.1 Å². The van der Waals surface area contributed by atoms with Crippen LogP contribution in [0.3, 0.4) is 0 Å². The summed E-state index contributed by atoms with van der Waals surface area (Å²) in [6.07, 6.45) is 8.75. The van der Waals surface area contributed by atoms with Crippen LogP contribution < -0.4 is 4.90 Å². The maximum absolute atomic E-state index is 12.6. The fraction of sp³-hybridized carbons (Fsp3) is 0.533. The first-order valence-electron chi connectivity index (χ1n) is 8.04. The van der Waals surface area contributed by atoms with Crippen LogP contribution in [-0.4, -0.2) is 58.4 Å². The molecule has 0 bridgehead atoms. The summed E-state index contributed by atoms with van der Waals surface area (Å²) >= 11 is 0. The second-order valence-corrected chi connectivity index (χ2v) is 7.79. The predicted molar refractivity (Wildman–Crippen MR) is 90.2 cm³/mol. The fourth-order valence-corrected chi connectivity index (χ4v) is 4.10. The molecule has 0 unspecified atom stereocenters. The van der Waals surface area contributed by atoms with E-state index in [0.717, 1.165) is 18.4 Å². The highest BCUT2D eigenvalue weighted by Gasteiger charge is 2.30. The average Bonchev–Trinajstić information content (AvgIpc) is 3.03. The van der Waals surface area contributed by atoms with E-state index < -0.39 is 10.0 Å². The number of aromatic nitrogens is 4. The third-order valence-corrected chi connectivity index (χ3v) is 5.82. The minimum absolute atomic E-state index is 0.0959. The summed E-state index contributed by atoms with van der Waals surface area (Å²) in [5.74, 6) is 0.657. The third kappa shape index (κ3) is 3.41. The zero-order chi connectivity index (χ0) is 17.2. The standard InChI is InChI=1S/C15H22N6O2S/c1-3-4-13-9-16-15(17-10-13)20-5-7-21(8-6-20)24(22,23)14-11-19(2)12-18-14/h9-12H,3-8H2,1-2H3. The Balaban J connectivity index is 1.65. The van der Waals surface area contributed by atoms with Gasteiger partial charge in [-0.1, -0.05) is 13.3 Å². The van der Waals surface area contributed by atoms with E-state index in [-0.39, 0.29) is 5.03 Å². The molecule has 1 fully saturated rings. The molecule has 1 saturated heterocycles. The van der Waals surface area contributed by atoms with Crippen molar-refractivity contribution >= 4 is 16.0 Å². The molecule has 0 aromatic carbocycles. The Hall–Kier alpha value is -2.00. The molecule has 2 aromatic heterocycles. The van der Waals surface area contributed by atoms with Gasteiger partial charge in [0.1, 0.15) is 0 Å². The van der Waals surface area contributed by atoms with Crippen molar-refractivity contribution in [3.8, 4) is 0 Å². The van der Waals surface area contributed by atoms with Crippen molar-refractivity contribution in [3.63, 3.8) is 0 Å². The summed E-state index contributed by atoms with van der Waals surface area (Å²) in [7, 11) is -1.77. The van der Waals surface area contributed by atoms with Gasteiger partial charge >= 0.3 is 0 Å². The molecular weight excluding hydrogens is 328 g/mol. The fourth-order valence-electron chi connectivity index (χ4n) is 2.71. The summed E-state index contributed by atoms with van der Waals surface area (Å²) in [6, 6.07) is 0. The van der Waals surface area contributed by atoms with E-state index >= 15 is 0 Å². The Morgan fingerprint density at radius 1 is 1.08 bits per heavy atom. The first-order chi connectivity index (χ1) is 11.5. The van der Waals surface area contributed by atoms with Gasteiger partial charge in [-0.25, -0.2) is 23.4 Å². The Morgan fingerprint density at radius 2 is 1.75 bits per heavy atom. The van der Waals surface area contributed by atoms with Gasteiger partial charge in [-0.05, 0) is 12.0 Å². The number of piperazine rings is 1. The number of nitrogens with zero attached hydrogens (tertiary/aromatic N) is 6. The molecule has 0 N–H and O–H groups in total. The van der Waals surface area contributed by atoms with Crippen LogP contribution in [-0.2, 0) is 23.5 Å². The van der Waals surface area contributed by atoms with Gasteiger partial charge in [-0.2, -0.15) is 4.31 Å². The molecular formula is C15H22N6O2S. The molecule has 0 spiro atoms. The van der Waals surface area contributed by atoms with Crippen LogP contribution in [0.25, 0.3) is 0 Å². The first-order valence-corrected chi connectivity index (χ1v) is 9.48. The SMILES string of the molecule is CCCc1cnc(N2CCN(S(=O)(=O)c3cn(C)cn3)CC2)nc1. The Bertz CT molecular complexity index is 779. The predicted octanol–water partition coefficient (Wildman–Crippen LogP) is 0.674. The van der Waals surface area contributed by atoms with E-state index in [1.807, 2.05) is 17.3 Å². The summed E-state index contributed by atoms with van der Waals surface area (Å²) in [5.41, 5.74) is 1.12. The summed E-state index contributed by atoms with van der Waals surface area (Å²) < 4.78 is 28.2. The van der Waals surface area contributed by atoms with Crippen molar-refractivity contribution in [2.24, 2.45) is 7.05 Å². The highest BCUT2D eigenvalue weighted by atomic mass is 32.2. The van der Waals surface area contributed by atoms with E-state index in [0.29, 0.717) is 32.1 Å². The van der Waals surface area contributed by atoms with Crippen LogP contribution in [0.2, 0.25) is 0 Å². The molecule has 8 nitrogen and oxygen atoms in total. The largest absolute Gasteiger partial charge is 0.339 e. The Labute approximate surface area is 142 Å². The van der Waals surface area contributed by atoms with Crippen LogP contribution in [0, 0.1) is 0 Å². The number of anilines is 1. The zero-order valence-corrected chi connectivity index (χ0v) is 14.8. The van der Waals surface area contributed by atoms with E-state index in [9.17, 15) is 8.42 Å². The Kier molecular flexibility index (Phi) is 4.81. The van der Waals surface area contributed by atoms with Gasteiger partial charge in [-0.15, -0.1) is 0 Å². The van der Waals surface area contributed by atoms with E-state index in [1.165, 1.54) is 16.8 Å². The molecule has 3 rings (SSSR count). The van der Waals surface area contributed by atoms with Crippen LogP contribution in [0.1, 0.15) is 18.9 Å². The molecule has 3 heterocycles. The van der Waals surface area contributed by atoms with E-state index in [1.54, 1.807) is 11.6 Å². The molecule has 9 heteroatoms. The average molecular weight is 350 g/mol. The van der Waals surface area contributed by atoms with Gasteiger partial charge in [0, 0.05) is 51.8 Å². The Morgan fingerprint density at radius 3 is 2.29 bits per heavy atom. The molecule has 1 aliphatic rings. The molecule has 0 radical (unpaired) electrons. The van der Waals surface area contributed by atoms with Gasteiger partial charge in [0.05, 0.1) is 6.33 Å². The molecule has 1 aliphatic heterocycles. The van der Waals surface area contributed by atoms with Crippen molar-refractivity contribution < 1.29 is 8.42 Å². The minimum Gasteiger partial charge on any atom is -0.339 e. The number of sulfonamides is 1. The molecule has 0 amide bonds. The van der Waals surface area contributed by atoms with E-state index in [2.05, 4.69) is 21.9 Å². The quantitative estimate of drug-likeness (QED) is 0.788. The van der Waals surface area contributed by atoms with Gasteiger partial charge in [-0.3, -0.25) is 0 Å². The van der Waals surface area contributed by atoms with Gasteiger partial charge < -0.3 is 9.47 Å². The smallest absolute Gasteiger partial charge is 0.262 e. The number of aryl methyl sites for hydroxylation is 2. The zero-order valence-electron chi connectivity index (χ0n) is 14.0. The molecule has 2 aromatic rings. The maximum Gasteiger partial charge on any atom is 0.262 e. The van der Waals surface area contributed by atoms with Gasteiger partial charge in [0.25, 0.3) is 10.0 Å². The number of hydrogen-bond donors (Lipinski definition) is 0. The van der Waals surface area contributed by atoms with Crippen LogP contribution in [0.5, 0.6) is 0 Å². The third-order valence-electron chi connectivity index (χ3n) is 4.04. The number of rotatable bonds is 5. The second kappa shape index (κ2) is 6.86. The topological polar surface area (TPSA) is 84.2 Å². The molecule has 0 saturated carbocycles. The van der Waals surface area contributed by atoms with Crippen molar-refractivity contribution in [3.05, 3.63) is 30.5 Å². The highest BCUT2D eigenvalue weighted by molar-refractivity contribution is 7.89. The lowest BCUT2D eigenvalue weighted by molar-refractivity contribution is 0.381. The first kappa shape index (κ1) is 16.8. The van der Waals surface area contributed by atoms with Crippen LogP contribution >= 0.6 is 0 Å². The normalized spacial score (nSPS) is 16.5. The van der Waals surface area contributed by atoms with E-state index in [4.69, 9.17) is 0 Å². The molecule has 130 valence electrons. The van der Waals surface area contributed by atoms with Crippen LogP contribution in [0.15, 0.2) is 29.9 Å². The highest BCUT2D eigenvalue weighted by Crippen LogP contribution is 2.18. The molecule has 24 heavy (non-hydrogen) atoms. The lowest BCUT2D eigenvalue weighted by Gasteiger charge is -2.33. The number of imidazole rings is 1. The second-order valence-electron chi connectivity index (χ2n) is 5.91. The van der Waals surface area contributed by atoms with Crippen molar-refractivity contribution in [1.82, 2.24) is 23.8 Å². The lowest BCUT2D eigenvalue weighted by Crippen LogP contribution is -2.49. The van der Waals surface area contributed by atoms with Crippen molar-refractivity contribution in [1.29, 1.82) is 0 Å². The molecule has 0 atom stereocenters. The maximum atomic E-state index is 12.6. The monoisotopic (exact) mass is 350 g/mol. The molecule has 0 aliphatic carbocycles. The summed E-state index contributed by atoms with van der Waals surface area (Å²) in [4.78, 5) is 14.8. The number of hydrogen-bond acceptors (Lipinski definition) is 6. The van der Waals surface area contributed by atoms with Gasteiger partial charge in [0.15, 0.2) is 5.03 Å².